The van der Waals surface area contributed by atoms with Crippen LogP contribution in [0.3, 0.4) is 0 Å². The molecule has 3 heterocycles. The van der Waals surface area contributed by atoms with Crippen LogP contribution in [0.2, 0.25) is 0 Å². The lowest BCUT2D eigenvalue weighted by atomic mass is 10.1. The molecule has 0 spiro atoms. The first-order chi connectivity index (χ1) is 20.2. The van der Waals surface area contributed by atoms with Crippen molar-refractivity contribution in [2.45, 2.75) is 4.90 Å². The highest BCUT2D eigenvalue weighted by Gasteiger charge is 2.11. The Bertz CT molecular complexity index is 1860. The van der Waals surface area contributed by atoms with Crippen molar-refractivity contribution >= 4 is 15.8 Å². The van der Waals surface area contributed by atoms with Gasteiger partial charge >= 0.3 is 0 Å². The van der Waals surface area contributed by atoms with Crippen LogP contribution in [0.15, 0.2) is 130 Å². The number of pyridine rings is 1. The van der Waals surface area contributed by atoms with Crippen LogP contribution in [-0.2, 0) is 17.2 Å². The van der Waals surface area contributed by atoms with Gasteiger partial charge in [-0.3, -0.25) is 0 Å². The smallest absolute Gasteiger partial charge is 0.227 e. The molecule has 0 unspecified atom stereocenters. The minimum Gasteiger partial charge on any atom is -0.744 e. The summed E-state index contributed by atoms with van der Waals surface area (Å²) in [6.45, 7) is 0. The molecular weight excluding hydrogens is 552 g/mol. The molecule has 0 saturated carbocycles. The fourth-order valence-corrected chi connectivity index (χ4v) is 4.49. The highest BCUT2D eigenvalue weighted by Crippen LogP contribution is 2.28. The molecule has 10 heteroatoms. The number of hydrogen-bond donors (Lipinski definition) is 0. The number of benzene rings is 3. The van der Waals surface area contributed by atoms with E-state index >= 15 is 0 Å². The molecular formula is C32H28N4O5S. The molecule has 0 bridgehead atoms. The van der Waals surface area contributed by atoms with Crippen LogP contribution in [0.25, 0.3) is 45.6 Å². The van der Waals surface area contributed by atoms with Crippen LogP contribution in [0.5, 0.6) is 0 Å². The molecule has 9 nitrogen and oxygen atoms in total. The molecule has 3 aromatic heterocycles. The van der Waals surface area contributed by atoms with E-state index in [1.54, 1.807) is 12.4 Å². The molecule has 0 aliphatic carbocycles. The number of oxazole rings is 2. The Kier molecular flexibility index (Phi) is 8.28. The standard InChI is InChI=1S/C17H18N3O.C15H11NO4S/c1-19(2)15-6-4-13(5-7-15)16-12-18-17(21-16)14-8-10-20(3)11-9-14;17-21(18,19)13-8-6-12(7-9-13)15-16-10-14(20-15)11-4-2-1-3-5-11/h4-12H,1-3H3;1-10H,(H,17,18,19)/q+1;/p-1. The quantitative estimate of drug-likeness (QED) is 0.179. The summed E-state index contributed by atoms with van der Waals surface area (Å²) in [5, 5.41) is 0. The highest BCUT2D eigenvalue weighted by molar-refractivity contribution is 7.85. The lowest BCUT2D eigenvalue weighted by Crippen LogP contribution is -2.25. The number of hydrogen-bond acceptors (Lipinski definition) is 8. The Balaban J connectivity index is 0.000000168. The van der Waals surface area contributed by atoms with Gasteiger partial charge in [0.15, 0.2) is 23.9 Å². The van der Waals surface area contributed by atoms with Crippen molar-refractivity contribution in [2.75, 3.05) is 19.0 Å². The van der Waals surface area contributed by atoms with Crippen LogP contribution >= 0.6 is 0 Å². The van der Waals surface area contributed by atoms with Crippen LogP contribution in [0.1, 0.15) is 0 Å². The molecule has 0 amide bonds. The van der Waals surface area contributed by atoms with Crippen LogP contribution in [0, 0.1) is 0 Å². The van der Waals surface area contributed by atoms with Gasteiger partial charge in [0.05, 0.1) is 17.3 Å². The maximum Gasteiger partial charge on any atom is 0.227 e. The van der Waals surface area contributed by atoms with E-state index in [9.17, 15) is 13.0 Å². The van der Waals surface area contributed by atoms with Gasteiger partial charge in [-0.15, -0.1) is 0 Å². The fourth-order valence-electron chi connectivity index (χ4n) is 4.02. The van der Waals surface area contributed by atoms with E-state index < -0.39 is 10.1 Å². The second-order valence-corrected chi connectivity index (χ2v) is 11.0. The van der Waals surface area contributed by atoms with Gasteiger partial charge in [-0.25, -0.2) is 23.0 Å². The first kappa shape index (κ1) is 28.5. The summed E-state index contributed by atoms with van der Waals surface area (Å²) < 4.78 is 46.1. The van der Waals surface area contributed by atoms with Crippen molar-refractivity contribution in [1.29, 1.82) is 0 Å². The number of aromatic nitrogens is 3. The van der Waals surface area contributed by atoms with Gasteiger partial charge < -0.3 is 18.3 Å². The lowest BCUT2D eigenvalue weighted by Gasteiger charge is -2.11. The predicted octanol–water partition coefficient (Wildman–Crippen LogP) is 5.81. The zero-order chi connectivity index (χ0) is 29.7. The largest absolute Gasteiger partial charge is 0.744 e. The molecule has 0 fully saturated rings. The summed E-state index contributed by atoms with van der Waals surface area (Å²) >= 11 is 0. The summed E-state index contributed by atoms with van der Waals surface area (Å²) in [5.74, 6) is 2.40. The average molecular weight is 581 g/mol. The van der Waals surface area contributed by atoms with E-state index in [1.807, 2.05) is 92.7 Å². The first-order valence-electron chi connectivity index (χ1n) is 12.9. The van der Waals surface area contributed by atoms with Crippen molar-refractivity contribution < 1.29 is 26.4 Å². The zero-order valence-corrected chi connectivity index (χ0v) is 24.0. The van der Waals surface area contributed by atoms with Gasteiger partial charge in [-0.2, -0.15) is 0 Å². The maximum absolute atomic E-state index is 10.9. The molecule has 6 rings (SSSR count). The summed E-state index contributed by atoms with van der Waals surface area (Å²) in [4.78, 5) is 10.3. The van der Waals surface area contributed by atoms with Gasteiger partial charge in [0, 0.05) is 54.2 Å². The van der Waals surface area contributed by atoms with Crippen molar-refractivity contribution in [3.05, 3.63) is 116 Å². The van der Waals surface area contributed by atoms with Crippen LogP contribution < -0.4 is 9.47 Å². The maximum atomic E-state index is 10.9. The highest BCUT2D eigenvalue weighted by atomic mass is 32.2. The number of nitrogens with zero attached hydrogens (tertiary/aromatic N) is 4. The SMILES string of the molecule is CN(C)c1ccc(-c2cnc(-c3cc[n+](C)cc3)o2)cc1.O=S(=O)([O-])c1ccc(-c2ncc(-c3ccccc3)o2)cc1. The molecule has 3 aromatic carbocycles. The monoisotopic (exact) mass is 580 g/mol. The molecule has 0 aliphatic heterocycles. The Morgan fingerprint density at radius 1 is 0.667 bits per heavy atom. The molecule has 42 heavy (non-hydrogen) atoms. The second-order valence-electron chi connectivity index (χ2n) is 9.60. The second kappa shape index (κ2) is 12.2. The third-order valence-electron chi connectivity index (χ3n) is 6.35. The number of rotatable bonds is 6. The molecule has 0 atom stereocenters. The van der Waals surface area contributed by atoms with Crippen molar-refractivity contribution in [2.24, 2.45) is 7.05 Å². The fraction of sp³-hybridized carbons (Fsp3) is 0.0938. The molecule has 0 radical (unpaired) electrons. The van der Waals surface area contributed by atoms with E-state index in [1.165, 1.54) is 24.3 Å². The Labute approximate surface area is 244 Å². The minimum absolute atomic E-state index is 0.277. The van der Waals surface area contributed by atoms with Crippen molar-refractivity contribution in [3.63, 3.8) is 0 Å². The number of aryl methyl sites for hydroxylation is 1. The minimum atomic E-state index is -4.44. The Hall–Kier alpha value is -5.06. The normalized spacial score (nSPS) is 11.0. The predicted molar refractivity (Wildman–Crippen MR) is 158 cm³/mol. The van der Waals surface area contributed by atoms with Gasteiger partial charge in [-0.1, -0.05) is 30.3 Å². The van der Waals surface area contributed by atoms with Gasteiger partial charge in [0.2, 0.25) is 11.8 Å². The number of anilines is 1. The Morgan fingerprint density at radius 3 is 1.64 bits per heavy atom. The molecule has 0 saturated heterocycles. The zero-order valence-electron chi connectivity index (χ0n) is 23.2. The molecule has 0 N–H and O–H groups in total. The lowest BCUT2D eigenvalue weighted by molar-refractivity contribution is -0.671. The third kappa shape index (κ3) is 6.80. The summed E-state index contributed by atoms with van der Waals surface area (Å²) in [7, 11) is 1.59. The van der Waals surface area contributed by atoms with E-state index in [4.69, 9.17) is 8.83 Å². The third-order valence-corrected chi connectivity index (χ3v) is 7.20. The van der Waals surface area contributed by atoms with E-state index in [0.717, 1.165) is 28.1 Å². The molecule has 6 aromatic rings. The summed E-state index contributed by atoms with van der Waals surface area (Å²) in [6.07, 6.45) is 7.33. The average Bonchev–Trinajstić information content (AvgIpc) is 3.69. The van der Waals surface area contributed by atoms with Crippen molar-refractivity contribution in [3.8, 4) is 45.6 Å². The summed E-state index contributed by atoms with van der Waals surface area (Å²) in [6, 6.07) is 27.2. The molecule has 0 aliphatic rings. The topological polar surface area (TPSA) is 116 Å². The van der Waals surface area contributed by atoms with Crippen LogP contribution in [-0.4, -0.2) is 37.0 Å². The molecule has 212 valence electrons. The van der Waals surface area contributed by atoms with E-state index in [0.29, 0.717) is 23.1 Å². The van der Waals surface area contributed by atoms with Gasteiger partial charge in [0.25, 0.3) is 0 Å². The first-order valence-corrected chi connectivity index (χ1v) is 14.3. The van der Waals surface area contributed by atoms with E-state index in [2.05, 4.69) is 27.0 Å². The van der Waals surface area contributed by atoms with Gasteiger partial charge in [-0.05, 0) is 48.5 Å². The van der Waals surface area contributed by atoms with Gasteiger partial charge in [0.1, 0.15) is 17.2 Å². The van der Waals surface area contributed by atoms with E-state index in [-0.39, 0.29) is 4.90 Å². The summed E-state index contributed by atoms with van der Waals surface area (Å²) in [5.41, 5.74) is 4.67. The van der Waals surface area contributed by atoms with Crippen LogP contribution in [0.4, 0.5) is 5.69 Å². The van der Waals surface area contributed by atoms with Crippen molar-refractivity contribution in [1.82, 2.24) is 9.97 Å². The Morgan fingerprint density at radius 2 is 1.14 bits per heavy atom.